The van der Waals surface area contributed by atoms with E-state index in [2.05, 4.69) is 28.1 Å². The van der Waals surface area contributed by atoms with Crippen molar-refractivity contribution in [3.8, 4) is 0 Å². The summed E-state index contributed by atoms with van der Waals surface area (Å²) in [6, 6.07) is 11.6. The van der Waals surface area contributed by atoms with Crippen LogP contribution in [-0.4, -0.2) is 18.1 Å². The van der Waals surface area contributed by atoms with Crippen molar-refractivity contribution in [3.63, 3.8) is 0 Å². The molecule has 0 fully saturated rings. The van der Waals surface area contributed by atoms with Gasteiger partial charge in [-0.1, -0.05) is 24.3 Å². The number of hydrogen-bond donors (Lipinski definition) is 1. The van der Waals surface area contributed by atoms with Gasteiger partial charge in [-0.2, -0.15) is 0 Å². The van der Waals surface area contributed by atoms with Gasteiger partial charge in [-0.25, -0.2) is 9.37 Å². The molecule has 2 heterocycles. The third kappa shape index (κ3) is 2.19. The standard InChI is InChI=1S/C15H16FN3/c16-12-5-6-15(18-10-12)19-8-7-11-3-1-2-4-13(11)14(19)9-17/h1-6,10,14H,7-9,17H2. The first kappa shape index (κ1) is 12.1. The van der Waals surface area contributed by atoms with Gasteiger partial charge in [0.05, 0.1) is 12.2 Å². The SMILES string of the molecule is NCC1c2ccccc2CCN1c1ccc(F)cn1. The molecule has 0 spiro atoms. The first-order valence-electron chi connectivity index (χ1n) is 6.45. The predicted octanol–water partition coefficient (Wildman–Crippen LogP) is 2.28. The van der Waals surface area contributed by atoms with E-state index in [1.165, 1.54) is 23.4 Å². The van der Waals surface area contributed by atoms with Gasteiger partial charge in [-0.15, -0.1) is 0 Å². The maximum Gasteiger partial charge on any atom is 0.141 e. The number of anilines is 1. The van der Waals surface area contributed by atoms with E-state index in [0.29, 0.717) is 6.54 Å². The predicted molar refractivity (Wildman–Crippen MR) is 73.5 cm³/mol. The van der Waals surface area contributed by atoms with Gasteiger partial charge in [0.1, 0.15) is 11.6 Å². The summed E-state index contributed by atoms with van der Waals surface area (Å²) in [7, 11) is 0. The Morgan fingerprint density at radius 2 is 2.11 bits per heavy atom. The molecule has 3 rings (SSSR count). The van der Waals surface area contributed by atoms with Crippen LogP contribution in [0.15, 0.2) is 42.6 Å². The normalized spacial score (nSPS) is 18.2. The molecule has 2 aromatic rings. The summed E-state index contributed by atoms with van der Waals surface area (Å²) in [6.07, 6.45) is 2.22. The summed E-state index contributed by atoms with van der Waals surface area (Å²) in [5, 5.41) is 0. The number of hydrogen-bond acceptors (Lipinski definition) is 3. The van der Waals surface area contributed by atoms with Crippen LogP contribution < -0.4 is 10.6 Å². The fourth-order valence-electron chi connectivity index (χ4n) is 2.72. The number of fused-ring (bicyclic) bond motifs is 1. The summed E-state index contributed by atoms with van der Waals surface area (Å²) < 4.78 is 13.0. The maximum absolute atomic E-state index is 13.0. The van der Waals surface area contributed by atoms with E-state index in [9.17, 15) is 4.39 Å². The summed E-state index contributed by atoms with van der Waals surface area (Å²) in [5.74, 6) is 0.469. The van der Waals surface area contributed by atoms with Crippen molar-refractivity contribution in [1.82, 2.24) is 4.98 Å². The number of rotatable bonds is 2. The molecule has 0 amide bonds. The molecule has 0 radical (unpaired) electrons. The molecule has 1 unspecified atom stereocenters. The summed E-state index contributed by atoms with van der Waals surface area (Å²) in [5.41, 5.74) is 8.53. The third-order valence-electron chi connectivity index (χ3n) is 3.64. The van der Waals surface area contributed by atoms with Crippen molar-refractivity contribution >= 4 is 5.82 Å². The molecular formula is C15H16FN3. The van der Waals surface area contributed by atoms with Gasteiger partial charge < -0.3 is 10.6 Å². The lowest BCUT2D eigenvalue weighted by molar-refractivity contribution is 0.579. The Hall–Kier alpha value is -1.94. The van der Waals surface area contributed by atoms with Crippen molar-refractivity contribution in [2.45, 2.75) is 12.5 Å². The molecule has 0 aliphatic carbocycles. The number of pyridine rings is 1. The van der Waals surface area contributed by atoms with Gasteiger partial charge in [-0.05, 0) is 29.7 Å². The third-order valence-corrected chi connectivity index (χ3v) is 3.64. The summed E-state index contributed by atoms with van der Waals surface area (Å²) >= 11 is 0. The quantitative estimate of drug-likeness (QED) is 0.897. The molecule has 1 aromatic heterocycles. The second-order valence-electron chi connectivity index (χ2n) is 4.73. The van der Waals surface area contributed by atoms with Crippen LogP contribution in [0.1, 0.15) is 17.2 Å². The number of aromatic nitrogens is 1. The zero-order valence-electron chi connectivity index (χ0n) is 10.6. The minimum absolute atomic E-state index is 0.114. The van der Waals surface area contributed by atoms with Gasteiger partial charge in [0, 0.05) is 13.1 Å². The first-order chi connectivity index (χ1) is 9.29. The maximum atomic E-state index is 13.0. The highest BCUT2D eigenvalue weighted by atomic mass is 19.1. The van der Waals surface area contributed by atoms with Crippen LogP contribution >= 0.6 is 0 Å². The Kier molecular flexibility index (Phi) is 3.17. The second kappa shape index (κ2) is 4.97. The number of nitrogens with zero attached hydrogens (tertiary/aromatic N) is 2. The van der Waals surface area contributed by atoms with E-state index in [4.69, 9.17) is 5.73 Å². The van der Waals surface area contributed by atoms with Crippen LogP contribution in [0.25, 0.3) is 0 Å². The molecule has 1 aromatic carbocycles. The van der Waals surface area contributed by atoms with Crippen molar-refractivity contribution in [3.05, 3.63) is 59.5 Å². The highest BCUT2D eigenvalue weighted by Crippen LogP contribution is 2.31. The molecular weight excluding hydrogens is 241 g/mol. The van der Waals surface area contributed by atoms with Crippen LogP contribution in [-0.2, 0) is 6.42 Å². The van der Waals surface area contributed by atoms with E-state index in [-0.39, 0.29) is 11.9 Å². The average molecular weight is 257 g/mol. The van der Waals surface area contributed by atoms with Crippen molar-refractivity contribution in [1.29, 1.82) is 0 Å². The fourth-order valence-corrected chi connectivity index (χ4v) is 2.72. The highest BCUT2D eigenvalue weighted by molar-refractivity contribution is 5.47. The van der Waals surface area contributed by atoms with Gasteiger partial charge in [0.15, 0.2) is 0 Å². The topological polar surface area (TPSA) is 42.1 Å². The van der Waals surface area contributed by atoms with Gasteiger partial charge >= 0.3 is 0 Å². The van der Waals surface area contributed by atoms with Crippen LogP contribution in [0.3, 0.4) is 0 Å². The molecule has 0 saturated heterocycles. The van der Waals surface area contributed by atoms with Crippen molar-refractivity contribution < 1.29 is 4.39 Å². The number of benzene rings is 1. The molecule has 1 aliphatic heterocycles. The van der Waals surface area contributed by atoms with Gasteiger partial charge in [0.25, 0.3) is 0 Å². The Labute approximate surface area is 111 Å². The molecule has 3 nitrogen and oxygen atoms in total. The Morgan fingerprint density at radius 1 is 1.26 bits per heavy atom. The van der Waals surface area contributed by atoms with Gasteiger partial charge in [0.2, 0.25) is 0 Å². The molecule has 4 heteroatoms. The first-order valence-corrected chi connectivity index (χ1v) is 6.45. The number of nitrogens with two attached hydrogens (primary N) is 1. The molecule has 1 atom stereocenters. The van der Waals surface area contributed by atoms with Crippen molar-refractivity contribution in [2.75, 3.05) is 18.0 Å². The highest BCUT2D eigenvalue weighted by Gasteiger charge is 2.26. The average Bonchev–Trinajstić information content (AvgIpc) is 2.47. The monoisotopic (exact) mass is 257 g/mol. The Morgan fingerprint density at radius 3 is 2.84 bits per heavy atom. The van der Waals surface area contributed by atoms with E-state index in [1.807, 2.05) is 6.07 Å². The fraction of sp³-hybridized carbons (Fsp3) is 0.267. The molecule has 98 valence electrons. The Bertz CT molecular complexity index is 568. The second-order valence-corrected chi connectivity index (χ2v) is 4.73. The van der Waals surface area contributed by atoms with Crippen LogP contribution in [0.2, 0.25) is 0 Å². The van der Waals surface area contributed by atoms with E-state index < -0.39 is 0 Å². The van der Waals surface area contributed by atoms with Gasteiger partial charge in [-0.3, -0.25) is 0 Å². The molecule has 2 N–H and O–H groups in total. The molecule has 1 aliphatic rings. The van der Waals surface area contributed by atoms with Crippen LogP contribution in [0, 0.1) is 5.82 Å². The van der Waals surface area contributed by atoms with E-state index in [1.54, 1.807) is 6.07 Å². The minimum Gasteiger partial charge on any atom is -0.348 e. The lowest BCUT2D eigenvalue weighted by Gasteiger charge is -2.37. The molecule has 0 bridgehead atoms. The summed E-state index contributed by atoms with van der Waals surface area (Å²) in [6.45, 7) is 1.38. The largest absolute Gasteiger partial charge is 0.348 e. The zero-order chi connectivity index (χ0) is 13.2. The van der Waals surface area contributed by atoms with Crippen LogP contribution in [0.4, 0.5) is 10.2 Å². The minimum atomic E-state index is -0.314. The van der Waals surface area contributed by atoms with Crippen molar-refractivity contribution in [2.24, 2.45) is 5.73 Å². The molecule has 19 heavy (non-hydrogen) atoms. The smallest absolute Gasteiger partial charge is 0.141 e. The molecule has 0 saturated carbocycles. The lowest BCUT2D eigenvalue weighted by Crippen LogP contribution is -2.39. The summed E-state index contributed by atoms with van der Waals surface area (Å²) in [4.78, 5) is 6.32. The van der Waals surface area contributed by atoms with E-state index >= 15 is 0 Å². The lowest BCUT2D eigenvalue weighted by atomic mass is 9.92. The zero-order valence-corrected chi connectivity index (χ0v) is 10.6. The number of halogens is 1. The van der Waals surface area contributed by atoms with E-state index in [0.717, 1.165) is 18.8 Å². The Balaban J connectivity index is 1.98. The van der Waals surface area contributed by atoms with Crippen LogP contribution in [0.5, 0.6) is 0 Å².